The lowest BCUT2D eigenvalue weighted by molar-refractivity contribution is -0.127. The highest BCUT2D eigenvalue weighted by Gasteiger charge is 2.31. The van der Waals surface area contributed by atoms with E-state index in [1.165, 1.54) is 34.8 Å². The van der Waals surface area contributed by atoms with Gasteiger partial charge in [-0.2, -0.15) is 0 Å². The van der Waals surface area contributed by atoms with Crippen LogP contribution >= 0.6 is 0 Å². The molecule has 0 spiro atoms. The smallest absolute Gasteiger partial charge is 0.411 e. The molecule has 3 rings (SSSR count). The van der Waals surface area contributed by atoms with Gasteiger partial charge >= 0.3 is 6.09 Å². The summed E-state index contributed by atoms with van der Waals surface area (Å²) in [6.07, 6.45) is 4.17. The first-order chi connectivity index (χ1) is 14.2. The summed E-state index contributed by atoms with van der Waals surface area (Å²) in [5, 5.41) is 5.61. The molecule has 166 valence electrons. The summed E-state index contributed by atoms with van der Waals surface area (Å²) in [7, 11) is -3.22. The molecule has 2 aliphatic rings. The fourth-order valence-electron chi connectivity index (χ4n) is 3.98. The number of carbonyl (C=O) groups excluding carboxylic acids is 2. The Labute approximate surface area is 176 Å². The highest BCUT2D eigenvalue weighted by atomic mass is 32.2. The van der Waals surface area contributed by atoms with Crippen molar-refractivity contribution in [2.75, 3.05) is 24.7 Å². The Kier molecular flexibility index (Phi) is 7.30. The number of nitrogens with one attached hydrogen (secondary N) is 2. The maximum atomic E-state index is 12.9. The van der Waals surface area contributed by atoms with Gasteiger partial charge in [-0.25, -0.2) is 21.9 Å². The maximum absolute atomic E-state index is 12.9. The molecule has 2 fully saturated rings. The van der Waals surface area contributed by atoms with E-state index in [0.717, 1.165) is 19.3 Å². The van der Waals surface area contributed by atoms with Gasteiger partial charge in [-0.3, -0.25) is 10.1 Å². The Hall–Kier alpha value is -2.20. The first-order valence-electron chi connectivity index (χ1n) is 10.2. The average molecular weight is 442 g/mol. The molecule has 1 aromatic carbocycles. The summed E-state index contributed by atoms with van der Waals surface area (Å²) < 4.78 is 43.0. The third-order valence-electron chi connectivity index (χ3n) is 5.63. The van der Waals surface area contributed by atoms with Gasteiger partial charge in [0.05, 0.1) is 6.26 Å². The first kappa shape index (κ1) is 22.5. The second-order valence-electron chi connectivity index (χ2n) is 7.97. The molecule has 0 aromatic heterocycles. The Bertz CT molecular complexity index is 854. The molecule has 1 heterocycles. The van der Waals surface area contributed by atoms with Crippen molar-refractivity contribution in [3.8, 4) is 0 Å². The Morgan fingerprint density at radius 3 is 2.40 bits per heavy atom. The molecule has 0 bridgehead atoms. The summed E-state index contributed by atoms with van der Waals surface area (Å²) in [6, 6.07) is 5.33. The predicted molar refractivity (Wildman–Crippen MR) is 110 cm³/mol. The molecular formula is C20H28FN3O5S. The third kappa shape index (κ3) is 6.40. The number of halogens is 1. The van der Waals surface area contributed by atoms with Crippen LogP contribution in [-0.4, -0.2) is 56.2 Å². The Morgan fingerprint density at radius 1 is 1.10 bits per heavy atom. The van der Waals surface area contributed by atoms with Crippen molar-refractivity contribution in [3.05, 3.63) is 30.1 Å². The fourth-order valence-corrected chi connectivity index (χ4v) is 4.86. The number of nitrogens with zero attached hydrogens (tertiary/aromatic N) is 1. The molecular weight excluding hydrogens is 413 g/mol. The summed E-state index contributed by atoms with van der Waals surface area (Å²) >= 11 is 0. The molecule has 1 aliphatic carbocycles. The van der Waals surface area contributed by atoms with Crippen molar-refractivity contribution in [2.45, 2.75) is 50.7 Å². The molecule has 2 atom stereocenters. The molecule has 8 nitrogen and oxygen atoms in total. The number of rotatable bonds is 5. The van der Waals surface area contributed by atoms with Crippen LogP contribution in [0.3, 0.4) is 0 Å². The largest absolute Gasteiger partial charge is 0.446 e. The minimum Gasteiger partial charge on any atom is -0.446 e. The Balaban J connectivity index is 1.43. The van der Waals surface area contributed by atoms with Crippen LogP contribution in [0, 0.1) is 11.7 Å². The van der Waals surface area contributed by atoms with Crippen LogP contribution in [0.2, 0.25) is 0 Å². The van der Waals surface area contributed by atoms with Crippen molar-refractivity contribution in [1.29, 1.82) is 0 Å². The lowest BCUT2D eigenvalue weighted by Gasteiger charge is -2.33. The van der Waals surface area contributed by atoms with E-state index in [1.54, 1.807) is 0 Å². The molecule has 1 saturated heterocycles. The number of piperidine rings is 1. The monoisotopic (exact) mass is 441 g/mol. The van der Waals surface area contributed by atoms with Gasteiger partial charge in [0.25, 0.3) is 0 Å². The SMILES string of the molecule is CS(=O)(=O)N1CCC(C(=O)NC2CCCC(OC(=O)Nc3ccc(F)cc3)C2)CC1. The summed E-state index contributed by atoms with van der Waals surface area (Å²) in [6.45, 7) is 0.716. The number of anilines is 1. The molecule has 30 heavy (non-hydrogen) atoms. The van der Waals surface area contributed by atoms with Crippen LogP contribution in [0.25, 0.3) is 0 Å². The number of hydrogen-bond acceptors (Lipinski definition) is 5. The molecule has 1 aromatic rings. The van der Waals surface area contributed by atoms with Crippen molar-refractivity contribution >= 4 is 27.7 Å². The summed E-state index contributed by atoms with van der Waals surface area (Å²) in [4.78, 5) is 24.7. The predicted octanol–water partition coefficient (Wildman–Crippen LogP) is 2.47. The van der Waals surface area contributed by atoms with Crippen LogP contribution < -0.4 is 10.6 Å². The minimum atomic E-state index is -3.22. The number of sulfonamides is 1. The number of carbonyl (C=O) groups is 2. The molecule has 2 unspecified atom stereocenters. The zero-order valence-corrected chi connectivity index (χ0v) is 17.8. The van der Waals surface area contributed by atoms with E-state index in [2.05, 4.69) is 10.6 Å². The van der Waals surface area contributed by atoms with Crippen LogP contribution in [0.15, 0.2) is 24.3 Å². The average Bonchev–Trinajstić information content (AvgIpc) is 2.69. The second kappa shape index (κ2) is 9.74. The zero-order chi connectivity index (χ0) is 21.7. The van der Waals surface area contributed by atoms with E-state index in [9.17, 15) is 22.4 Å². The normalized spacial score (nSPS) is 23.5. The first-order valence-corrected chi connectivity index (χ1v) is 12.0. The van der Waals surface area contributed by atoms with E-state index in [-0.39, 0.29) is 29.8 Å². The lowest BCUT2D eigenvalue weighted by Crippen LogP contribution is -2.47. The lowest BCUT2D eigenvalue weighted by atomic mass is 9.91. The number of benzene rings is 1. The fraction of sp³-hybridized carbons (Fsp3) is 0.600. The summed E-state index contributed by atoms with van der Waals surface area (Å²) in [5.41, 5.74) is 0.447. The van der Waals surface area contributed by atoms with Crippen molar-refractivity contribution in [1.82, 2.24) is 9.62 Å². The van der Waals surface area contributed by atoms with E-state index < -0.39 is 16.1 Å². The van der Waals surface area contributed by atoms with Gasteiger partial charge < -0.3 is 10.1 Å². The van der Waals surface area contributed by atoms with Gasteiger partial charge in [0.2, 0.25) is 15.9 Å². The van der Waals surface area contributed by atoms with E-state index in [1.807, 2.05) is 0 Å². The van der Waals surface area contributed by atoms with Gasteiger partial charge in [0.1, 0.15) is 11.9 Å². The molecule has 2 N–H and O–H groups in total. The maximum Gasteiger partial charge on any atom is 0.411 e. The molecule has 2 amide bonds. The van der Waals surface area contributed by atoms with E-state index in [4.69, 9.17) is 4.74 Å². The highest BCUT2D eigenvalue weighted by molar-refractivity contribution is 7.88. The van der Waals surface area contributed by atoms with Crippen LogP contribution in [-0.2, 0) is 19.6 Å². The molecule has 1 saturated carbocycles. The standard InChI is InChI=1S/C20H28FN3O5S/c1-30(27,28)24-11-9-14(10-12-24)19(25)22-17-3-2-4-18(13-17)29-20(26)23-16-7-5-15(21)6-8-16/h5-8,14,17-18H,2-4,9-13H2,1H3,(H,22,25)(H,23,26). The van der Waals surface area contributed by atoms with Gasteiger partial charge in [0.15, 0.2) is 0 Å². The van der Waals surface area contributed by atoms with E-state index >= 15 is 0 Å². The van der Waals surface area contributed by atoms with E-state index in [0.29, 0.717) is 38.0 Å². The number of hydrogen-bond donors (Lipinski definition) is 2. The zero-order valence-electron chi connectivity index (χ0n) is 17.0. The minimum absolute atomic E-state index is 0.0652. The quantitative estimate of drug-likeness (QED) is 0.730. The number of amides is 2. The topological polar surface area (TPSA) is 105 Å². The van der Waals surface area contributed by atoms with Gasteiger partial charge in [-0.15, -0.1) is 0 Å². The van der Waals surface area contributed by atoms with Gasteiger partial charge in [0, 0.05) is 37.2 Å². The third-order valence-corrected chi connectivity index (χ3v) is 6.93. The van der Waals surface area contributed by atoms with Crippen LogP contribution in [0.1, 0.15) is 38.5 Å². The van der Waals surface area contributed by atoms with Gasteiger partial charge in [-0.05, 0) is 56.4 Å². The van der Waals surface area contributed by atoms with Crippen molar-refractivity contribution in [2.24, 2.45) is 5.92 Å². The van der Waals surface area contributed by atoms with Crippen LogP contribution in [0.4, 0.5) is 14.9 Å². The molecule has 10 heteroatoms. The summed E-state index contributed by atoms with van der Waals surface area (Å²) in [5.74, 6) is -0.655. The number of ether oxygens (including phenoxy) is 1. The van der Waals surface area contributed by atoms with Gasteiger partial charge in [-0.1, -0.05) is 0 Å². The van der Waals surface area contributed by atoms with Crippen molar-refractivity contribution in [3.63, 3.8) is 0 Å². The second-order valence-corrected chi connectivity index (χ2v) is 9.95. The Morgan fingerprint density at radius 2 is 1.77 bits per heavy atom. The molecule has 0 radical (unpaired) electrons. The molecule has 1 aliphatic heterocycles. The van der Waals surface area contributed by atoms with Crippen LogP contribution in [0.5, 0.6) is 0 Å². The van der Waals surface area contributed by atoms with Crippen molar-refractivity contribution < 1.29 is 27.1 Å². The highest BCUT2D eigenvalue weighted by Crippen LogP contribution is 2.24.